The first-order valence-corrected chi connectivity index (χ1v) is 6.17. The minimum absolute atomic E-state index is 0.487. The maximum Gasteiger partial charge on any atom is 0.163 e. The summed E-state index contributed by atoms with van der Waals surface area (Å²) in [6.07, 6.45) is 0.889. The molecule has 100 valence electrons. The molecular weight excluding hydrogens is 234 g/mol. The summed E-state index contributed by atoms with van der Waals surface area (Å²) in [5.41, 5.74) is 6.38. The van der Waals surface area contributed by atoms with Gasteiger partial charge in [0.2, 0.25) is 0 Å². The largest absolute Gasteiger partial charge is 0.487 e. The molecule has 0 unspecified atom stereocenters. The third-order valence-electron chi connectivity index (χ3n) is 2.52. The van der Waals surface area contributed by atoms with E-state index >= 15 is 0 Å². The Balaban J connectivity index is 2.01. The molecule has 0 fully saturated rings. The van der Waals surface area contributed by atoms with Gasteiger partial charge in [0.15, 0.2) is 11.5 Å². The molecule has 0 saturated heterocycles. The summed E-state index contributed by atoms with van der Waals surface area (Å²) in [6.45, 7) is 3.48. The summed E-state index contributed by atoms with van der Waals surface area (Å²) in [6, 6.07) is 5.36. The molecule has 2 rings (SSSR count). The predicted octanol–water partition coefficient (Wildman–Crippen LogP) is 1.46. The topological polar surface area (TPSA) is 62.9 Å². The number of benzene rings is 1. The van der Waals surface area contributed by atoms with Gasteiger partial charge >= 0.3 is 0 Å². The predicted molar refractivity (Wildman–Crippen MR) is 68.1 cm³/mol. The van der Waals surface area contributed by atoms with E-state index in [9.17, 15) is 0 Å². The van der Waals surface area contributed by atoms with E-state index in [2.05, 4.69) is 0 Å². The van der Waals surface area contributed by atoms with Crippen LogP contribution in [0.2, 0.25) is 0 Å². The Morgan fingerprint density at radius 2 is 1.44 bits per heavy atom. The highest BCUT2D eigenvalue weighted by Gasteiger charge is 2.06. The molecule has 0 aliphatic carbocycles. The molecule has 5 heteroatoms. The monoisotopic (exact) mass is 253 g/mol. The first-order chi connectivity index (χ1) is 8.86. The van der Waals surface area contributed by atoms with Crippen LogP contribution in [0.1, 0.15) is 6.42 Å². The van der Waals surface area contributed by atoms with Crippen molar-refractivity contribution < 1.29 is 18.9 Å². The van der Waals surface area contributed by atoms with Crippen molar-refractivity contribution in [2.24, 2.45) is 0 Å². The van der Waals surface area contributed by atoms with Gasteiger partial charge in [-0.05, 0) is 18.6 Å². The maximum atomic E-state index is 5.73. The summed E-state index contributed by atoms with van der Waals surface area (Å²) in [5.74, 6) is 1.34. The van der Waals surface area contributed by atoms with Gasteiger partial charge in [-0.1, -0.05) is 0 Å². The summed E-state index contributed by atoms with van der Waals surface area (Å²) < 4.78 is 22.1. The summed E-state index contributed by atoms with van der Waals surface area (Å²) in [5, 5.41) is 0. The maximum absolute atomic E-state index is 5.73. The molecular formula is C13H19NO4. The molecule has 1 heterocycles. The first-order valence-electron chi connectivity index (χ1n) is 6.17. The van der Waals surface area contributed by atoms with E-state index in [1.165, 1.54) is 0 Å². The van der Waals surface area contributed by atoms with Crippen LogP contribution < -0.4 is 15.2 Å². The molecule has 18 heavy (non-hydrogen) atoms. The second kappa shape index (κ2) is 7.08. The van der Waals surface area contributed by atoms with E-state index in [4.69, 9.17) is 24.7 Å². The number of fused-ring (bicyclic) bond motifs is 1. The molecule has 0 radical (unpaired) electrons. The zero-order valence-electron chi connectivity index (χ0n) is 10.4. The Morgan fingerprint density at radius 1 is 0.778 bits per heavy atom. The van der Waals surface area contributed by atoms with Crippen molar-refractivity contribution >= 4 is 5.69 Å². The van der Waals surface area contributed by atoms with Crippen LogP contribution in [0.4, 0.5) is 5.69 Å². The standard InChI is InChI=1S/C13H19NO4/c14-11-2-3-12-13(10-11)18-9-7-16-5-1-4-15-6-8-17-12/h2-3,10H,1,4-9,14H2. The van der Waals surface area contributed by atoms with Crippen LogP contribution >= 0.6 is 0 Å². The lowest BCUT2D eigenvalue weighted by Gasteiger charge is -2.12. The number of rotatable bonds is 0. The molecule has 0 amide bonds. The molecule has 0 saturated carbocycles. The number of hydrogen-bond acceptors (Lipinski definition) is 5. The van der Waals surface area contributed by atoms with Gasteiger partial charge in [0.1, 0.15) is 13.2 Å². The third kappa shape index (κ3) is 4.09. The Hall–Kier alpha value is -1.46. The van der Waals surface area contributed by atoms with Crippen molar-refractivity contribution in [3.63, 3.8) is 0 Å². The number of nitrogens with two attached hydrogens (primary N) is 1. The fraction of sp³-hybridized carbons (Fsp3) is 0.538. The SMILES string of the molecule is Nc1ccc2c(c1)OCCOCCCOCCO2. The third-order valence-corrected chi connectivity index (χ3v) is 2.52. The fourth-order valence-electron chi connectivity index (χ4n) is 1.64. The lowest BCUT2D eigenvalue weighted by molar-refractivity contribution is 0.0638. The summed E-state index contributed by atoms with van der Waals surface area (Å²) in [4.78, 5) is 0. The summed E-state index contributed by atoms with van der Waals surface area (Å²) >= 11 is 0. The smallest absolute Gasteiger partial charge is 0.163 e. The zero-order valence-corrected chi connectivity index (χ0v) is 10.4. The van der Waals surface area contributed by atoms with Crippen LogP contribution in [0.25, 0.3) is 0 Å². The molecule has 0 spiro atoms. The summed E-state index contributed by atoms with van der Waals surface area (Å²) in [7, 11) is 0. The van der Waals surface area contributed by atoms with E-state index in [0.29, 0.717) is 56.8 Å². The number of ether oxygens (including phenoxy) is 4. The molecule has 1 aliphatic heterocycles. The van der Waals surface area contributed by atoms with Crippen LogP contribution in [0.3, 0.4) is 0 Å². The Bertz CT molecular complexity index is 370. The average Bonchev–Trinajstić information content (AvgIpc) is 2.39. The van der Waals surface area contributed by atoms with Gasteiger partial charge in [-0.2, -0.15) is 0 Å². The van der Waals surface area contributed by atoms with E-state index in [1.54, 1.807) is 12.1 Å². The number of nitrogen functional groups attached to an aromatic ring is 1. The van der Waals surface area contributed by atoms with Crippen LogP contribution in [0, 0.1) is 0 Å². The van der Waals surface area contributed by atoms with Gasteiger partial charge in [0.25, 0.3) is 0 Å². The van der Waals surface area contributed by atoms with Crippen LogP contribution in [0.15, 0.2) is 18.2 Å². The normalized spacial score (nSPS) is 18.2. The first kappa shape index (κ1) is 13.0. The second-order valence-corrected chi connectivity index (χ2v) is 3.98. The Morgan fingerprint density at radius 3 is 2.17 bits per heavy atom. The number of anilines is 1. The molecule has 0 bridgehead atoms. The van der Waals surface area contributed by atoms with Gasteiger partial charge in [0, 0.05) is 25.0 Å². The van der Waals surface area contributed by atoms with Gasteiger partial charge < -0.3 is 24.7 Å². The van der Waals surface area contributed by atoms with Crippen LogP contribution in [-0.2, 0) is 9.47 Å². The Kier molecular flexibility index (Phi) is 5.11. The van der Waals surface area contributed by atoms with Crippen molar-refractivity contribution in [2.75, 3.05) is 45.4 Å². The van der Waals surface area contributed by atoms with E-state index in [-0.39, 0.29) is 0 Å². The average molecular weight is 253 g/mol. The second-order valence-electron chi connectivity index (χ2n) is 3.98. The zero-order chi connectivity index (χ0) is 12.6. The van der Waals surface area contributed by atoms with Gasteiger partial charge in [-0.3, -0.25) is 0 Å². The lowest BCUT2D eigenvalue weighted by Crippen LogP contribution is -2.08. The molecule has 5 nitrogen and oxygen atoms in total. The Labute approximate surface area is 107 Å². The van der Waals surface area contributed by atoms with Crippen LogP contribution in [-0.4, -0.2) is 39.6 Å². The van der Waals surface area contributed by atoms with E-state index in [1.807, 2.05) is 6.07 Å². The highest BCUT2D eigenvalue weighted by molar-refractivity contribution is 5.51. The number of hydrogen-bond donors (Lipinski definition) is 1. The van der Waals surface area contributed by atoms with Crippen molar-refractivity contribution in [2.45, 2.75) is 6.42 Å². The molecule has 1 aromatic carbocycles. The molecule has 1 aliphatic rings. The minimum atomic E-state index is 0.487. The van der Waals surface area contributed by atoms with E-state index in [0.717, 1.165) is 6.42 Å². The minimum Gasteiger partial charge on any atom is -0.487 e. The van der Waals surface area contributed by atoms with Crippen molar-refractivity contribution in [3.8, 4) is 11.5 Å². The lowest BCUT2D eigenvalue weighted by atomic mass is 10.3. The van der Waals surface area contributed by atoms with Gasteiger partial charge in [-0.25, -0.2) is 0 Å². The van der Waals surface area contributed by atoms with Crippen molar-refractivity contribution in [3.05, 3.63) is 18.2 Å². The molecule has 1 aromatic rings. The van der Waals surface area contributed by atoms with Gasteiger partial charge in [-0.15, -0.1) is 0 Å². The van der Waals surface area contributed by atoms with Crippen molar-refractivity contribution in [1.82, 2.24) is 0 Å². The van der Waals surface area contributed by atoms with Gasteiger partial charge in [0.05, 0.1) is 13.2 Å². The van der Waals surface area contributed by atoms with Crippen LogP contribution in [0.5, 0.6) is 11.5 Å². The highest BCUT2D eigenvalue weighted by atomic mass is 16.6. The molecule has 0 aromatic heterocycles. The molecule has 0 atom stereocenters. The van der Waals surface area contributed by atoms with E-state index < -0.39 is 0 Å². The highest BCUT2D eigenvalue weighted by Crippen LogP contribution is 2.29. The fourth-order valence-corrected chi connectivity index (χ4v) is 1.64. The molecule has 2 N–H and O–H groups in total. The van der Waals surface area contributed by atoms with Crippen molar-refractivity contribution in [1.29, 1.82) is 0 Å². The quantitative estimate of drug-likeness (QED) is 0.709.